The van der Waals surface area contributed by atoms with Crippen LogP contribution in [-0.2, 0) is 10.0 Å². The predicted molar refractivity (Wildman–Crippen MR) is 84.1 cm³/mol. The lowest BCUT2D eigenvalue weighted by molar-refractivity contribution is 0.346. The van der Waals surface area contributed by atoms with E-state index in [1.54, 1.807) is 16.4 Å². The molecule has 21 heavy (non-hydrogen) atoms. The molecule has 0 atom stereocenters. The zero-order chi connectivity index (χ0) is 14.7. The SMILES string of the molecule is O=S(=O)(c1ccc(N2CCNCC2)cc1)N1CCCCC1. The van der Waals surface area contributed by atoms with Crippen LogP contribution >= 0.6 is 0 Å². The molecule has 1 N–H and O–H groups in total. The van der Waals surface area contributed by atoms with Gasteiger partial charge in [-0.15, -0.1) is 0 Å². The van der Waals surface area contributed by atoms with Gasteiger partial charge in [0.25, 0.3) is 0 Å². The molecule has 116 valence electrons. The van der Waals surface area contributed by atoms with Gasteiger partial charge in [0, 0.05) is 45.0 Å². The lowest BCUT2D eigenvalue weighted by Gasteiger charge is -2.30. The second-order valence-corrected chi connectivity index (χ2v) is 7.63. The van der Waals surface area contributed by atoms with Gasteiger partial charge in [-0.25, -0.2) is 8.42 Å². The highest BCUT2D eigenvalue weighted by Gasteiger charge is 2.25. The molecule has 2 heterocycles. The number of anilines is 1. The Morgan fingerprint density at radius 2 is 1.48 bits per heavy atom. The summed E-state index contributed by atoms with van der Waals surface area (Å²) in [6.45, 7) is 5.21. The monoisotopic (exact) mass is 309 g/mol. The molecule has 0 amide bonds. The number of hydrogen-bond donors (Lipinski definition) is 1. The summed E-state index contributed by atoms with van der Waals surface area (Å²) < 4.78 is 26.8. The highest BCUT2D eigenvalue weighted by atomic mass is 32.2. The fourth-order valence-electron chi connectivity index (χ4n) is 3.01. The first kappa shape index (κ1) is 14.8. The molecular formula is C15H23N3O2S. The normalized spacial score (nSPS) is 21.4. The van der Waals surface area contributed by atoms with E-state index in [-0.39, 0.29) is 0 Å². The molecule has 0 saturated carbocycles. The zero-order valence-electron chi connectivity index (χ0n) is 12.3. The number of hydrogen-bond acceptors (Lipinski definition) is 4. The summed E-state index contributed by atoms with van der Waals surface area (Å²) in [7, 11) is -3.31. The van der Waals surface area contributed by atoms with Gasteiger partial charge in [0.05, 0.1) is 4.90 Å². The largest absolute Gasteiger partial charge is 0.369 e. The lowest BCUT2D eigenvalue weighted by atomic mass is 10.2. The number of nitrogens with zero attached hydrogens (tertiary/aromatic N) is 2. The molecule has 0 aliphatic carbocycles. The van der Waals surface area contributed by atoms with Crippen molar-refractivity contribution in [3.63, 3.8) is 0 Å². The maximum atomic E-state index is 12.6. The summed E-state index contributed by atoms with van der Waals surface area (Å²) in [5, 5.41) is 3.32. The van der Waals surface area contributed by atoms with Crippen molar-refractivity contribution in [1.82, 2.24) is 9.62 Å². The third-order valence-electron chi connectivity index (χ3n) is 4.27. The molecule has 2 fully saturated rings. The zero-order valence-corrected chi connectivity index (χ0v) is 13.1. The molecule has 0 radical (unpaired) electrons. The first-order chi connectivity index (χ1) is 10.2. The van der Waals surface area contributed by atoms with E-state index in [0.29, 0.717) is 18.0 Å². The van der Waals surface area contributed by atoms with Crippen molar-refractivity contribution < 1.29 is 8.42 Å². The topological polar surface area (TPSA) is 52.7 Å². The lowest BCUT2D eigenvalue weighted by Crippen LogP contribution is -2.43. The van der Waals surface area contributed by atoms with Gasteiger partial charge < -0.3 is 10.2 Å². The van der Waals surface area contributed by atoms with E-state index >= 15 is 0 Å². The van der Waals surface area contributed by atoms with Gasteiger partial charge in [0.15, 0.2) is 0 Å². The Bertz CT molecular complexity index is 559. The van der Waals surface area contributed by atoms with Gasteiger partial charge in [-0.1, -0.05) is 6.42 Å². The number of rotatable bonds is 3. The Balaban J connectivity index is 1.76. The summed E-state index contributed by atoms with van der Waals surface area (Å²) in [6.07, 6.45) is 3.07. The standard InChI is InChI=1S/C15H23N3O2S/c19-21(20,18-10-2-1-3-11-18)15-6-4-14(5-7-15)17-12-8-16-9-13-17/h4-7,16H,1-3,8-13H2. The molecule has 0 bridgehead atoms. The third-order valence-corrected chi connectivity index (χ3v) is 6.18. The second-order valence-electron chi connectivity index (χ2n) is 5.70. The van der Waals surface area contributed by atoms with Crippen LogP contribution in [0.1, 0.15) is 19.3 Å². The van der Waals surface area contributed by atoms with Gasteiger partial charge in [-0.05, 0) is 37.1 Å². The Labute approximate surface area is 127 Å². The Hall–Kier alpha value is -1.11. The predicted octanol–water partition coefficient (Wildman–Crippen LogP) is 1.27. The van der Waals surface area contributed by atoms with Crippen molar-refractivity contribution in [1.29, 1.82) is 0 Å². The second kappa shape index (κ2) is 6.34. The smallest absolute Gasteiger partial charge is 0.243 e. The summed E-state index contributed by atoms with van der Waals surface area (Å²) >= 11 is 0. The summed E-state index contributed by atoms with van der Waals surface area (Å²) in [5.41, 5.74) is 1.11. The average Bonchev–Trinajstić information content (AvgIpc) is 2.57. The quantitative estimate of drug-likeness (QED) is 0.913. The van der Waals surface area contributed by atoms with E-state index in [1.165, 1.54) is 0 Å². The first-order valence-electron chi connectivity index (χ1n) is 7.74. The molecule has 0 aromatic heterocycles. The Morgan fingerprint density at radius 1 is 0.857 bits per heavy atom. The van der Waals surface area contributed by atoms with E-state index in [9.17, 15) is 8.42 Å². The third kappa shape index (κ3) is 3.22. The Morgan fingerprint density at radius 3 is 2.10 bits per heavy atom. The van der Waals surface area contributed by atoms with Gasteiger partial charge >= 0.3 is 0 Å². The van der Waals surface area contributed by atoms with Crippen molar-refractivity contribution in [3.8, 4) is 0 Å². The first-order valence-corrected chi connectivity index (χ1v) is 9.18. The maximum absolute atomic E-state index is 12.6. The average molecular weight is 309 g/mol. The molecule has 2 aliphatic heterocycles. The number of sulfonamides is 1. The molecule has 6 heteroatoms. The van der Waals surface area contributed by atoms with Crippen LogP contribution < -0.4 is 10.2 Å². The van der Waals surface area contributed by atoms with Crippen LogP contribution in [0.4, 0.5) is 5.69 Å². The molecule has 2 aliphatic rings. The highest BCUT2D eigenvalue weighted by Crippen LogP contribution is 2.23. The minimum Gasteiger partial charge on any atom is -0.369 e. The highest BCUT2D eigenvalue weighted by molar-refractivity contribution is 7.89. The van der Waals surface area contributed by atoms with Gasteiger partial charge in [0.1, 0.15) is 0 Å². The Kier molecular flexibility index (Phi) is 4.47. The summed E-state index contributed by atoms with van der Waals surface area (Å²) in [6, 6.07) is 7.37. The molecule has 0 unspecified atom stereocenters. The van der Waals surface area contributed by atoms with Crippen molar-refractivity contribution in [3.05, 3.63) is 24.3 Å². The van der Waals surface area contributed by atoms with Crippen LogP contribution in [0.15, 0.2) is 29.2 Å². The molecule has 5 nitrogen and oxygen atoms in total. The van der Waals surface area contributed by atoms with E-state index in [1.807, 2.05) is 12.1 Å². The molecule has 3 rings (SSSR count). The van der Waals surface area contributed by atoms with Gasteiger partial charge in [-0.2, -0.15) is 4.31 Å². The van der Waals surface area contributed by atoms with Crippen LogP contribution in [0, 0.1) is 0 Å². The van der Waals surface area contributed by atoms with Crippen molar-refractivity contribution in [2.45, 2.75) is 24.2 Å². The van der Waals surface area contributed by atoms with E-state index < -0.39 is 10.0 Å². The fraction of sp³-hybridized carbons (Fsp3) is 0.600. The van der Waals surface area contributed by atoms with Gasteiger partial charge in [-0.3, -0.25) is 0 Å². The minimum absolute atomic E-state index is 0.420. The van der Waals surface area contributed by atoms with Crippen molar-refractivity contribution >= 4 is 15.7 Å². The summed E-state index contributed by atoms with van der Waals surface area (Å²) in [4.78, 5) is 2.71. The molecular weight excluding hydrogens is 286 g/mol. The molecule has 2 saturated heterocycles. The molecule has 1 aromatic carbocycles. The van der Waals surface area contributed by atoms with E-state index in [0.717, 1.165) is 51.1 Å². The van der Waals surface area contributed by atoms with Gasteiger partial charge in [0.2, 0.25) is 10.0 Å². The van der Waals surface area contributed by atoms with Crippen LogP contribution in [0.2, 0.25) is 0 Å². The molecule has 0 spiro atoms. The van der Waals surface area contributed by atoms with Crippen molar-refractivity contribution in [2.24, 2.45) is 0 Å². The van der Waals surface area contributed by atoms with Crippen molar-refractivity contribution in [2.75, 3.05) is 44.2 Å². The number of benzene rings is 1. The van der Waals surface area contributed by atoms with Crippen LogP contribution in [-0.4, -0.2) is 52.0 Å². The minimum atomic E-state index is -3.31. The van der Waals surface area contributed by atoms with Crippen LogP contribution in [0.3, 0.4) is 0 Å². The number of piperidine rings is 1. The maximum Gasteiger partial charge on any atom is 0.243 e. The molecule has 1 aromatic rings. The number of nitrogens with one attached hydrogen (secondary N) is 1. The van der Waals surface area contributed by atoms with E-state index in [2.05, 4.69) is 10.2 Å². The fourth-order valence-corrected chi connectivity index (χ4v) is 4.52. The number of piperazine rings is 1. The van der Waals surface area contributed by atoms with Crippen LogP contribution in [0.5, 0.6) is 0 Å². The van der Waals surface area contributed by atoms with Crippen LogP contribution in [0.25, 0.3) is 0 Å². The van der Waals surface area contributed by atoms with E-state index in [4.69, 9.17) is 0 Å². The summed E-state index contributed by atoms with van der Waals surface area (Å²) in [5.74, 6) is 0.